The smallest absolute Gasteiger partial charge is 0.122 e. The summed E-state index contributed by atoms with van der Waals surface area (Å²) in [6, 6.07) is 6.61. The summed E-state index contributed by atoms with van der Waals surface area (Å²) in [5, 5.41) is 0. The zero-order valence-corrected chi connectivity index (χ0v) is 11.3. The molecule has 1 aromatic carbocycles. The molecule has 0 bridgehead atoms. The minimum Gasteiger partial charge on any atom is -0.496 e. The number of ether oxygens (including phenoxy) is 1. The summed E-state index contributed by atoms with van der Waals surface area (Å²) in [5.74, 6) is 1.04. The molecule has 1 aromatic rings. The zero-order valence-electron chi connectivity index (χ0n) is 11.3. The van der Waals surface area contributed by atoms with E-state index >= 15 is 0 Å². The van der Waals surface area contributed by atoms with Crippen LogP contribution in [0.1, 0.15) is 45.2 Å². The maximum Gasteiger partial charge on any atom is 0.122 e. The third-order valence-electron chi connectivity index (χ3n) is 2.90. The molecule has 0 unspecified atom stereocenters. The van der Waals surface area contributed by atoms with Gasteiger partial charge in [0, 0.05) is 0 Å². The Morgan fingerprint density at radius 2 is 1.88 bits per heavy atom. The lowest BCUT2D eigenvalue weighted by atomic mass is 9.88. The monoisotopic (exact) mass is 220 g/mol. The number of methoxy groups -OCH3 is 1. The lowest BCUT2D eigenvalue weighted by Gasteiger charge is -2.18. The molecule has 1 rings (SSSR count). The summed E-state index contributed by atoms with van der Waals surface area (Å²) in [7, 11) is 1.75. The molecule has 0 N–H and O–H groups in total. The summed E-state index contributed by atoms with van der Waals surface area (Å²) in [6.45, 7) is 9.01. The topological polar surface area (TPSA) is 9.23 Å². The van der Waals surface area contributed by atoms with Crippen molar-refractivity contribution in [2.45, 2.75) is 47.0 Å². The summed E-state index contributed by atoms with van der Waals surface area (Å²) in [4.78, 5) is 0. The van der Waals surface area contributed by atoms with Gasteiger partial charge in [0.2, 0.25) is 0 Å². The normalized spacial score (nSPS) is 11.6. The minimum atomic E-state index is 0.399. The van der Waals surface area contributed by atoms with E-state index in [0.717, 1.165) is 18.6 Å². The molecule has 0 aliphatic heterocycles. The second kappa shape index (κ2) is 5.38. The Morgan fingerprint density at radius 1 is 1.19 bits per heavy atom. The summed E-state index contributed by atoms with van der Waals surface area (Å²) in [5.41, 5.74) is 3.07. The zero-order chi connectivity index (χ0) is 12.2. The van der Waals surface area contributed by atoms with E-state index in [1.807, 2.05) is 0 Å². The van der Waals surface area contributed by atoms with Gasteiger partial charge < -0.3 is 4.74 Å². The highest BCUT2D eigenvalue weighted by molar-refractivity contribution is 5.37. The van der Waals surface area contributed by atoms with E-state index in [1.54, 1.807) is 7.11 Å². The summed E-state index contributed by atoms with van der Waals surface area (Å²) in [6.07, 6.45) is 3.37. The predicted molar refractivity (Wildman–Crippen MR) is 70.1 cm³/mol. The van der Waals surface area contributed by atoms with Crippen molar-refractivity contribution in [3.63, 3.8) is 0 Å². The first-order valence-electron chi connectivity index (χ1n) is 6.12. The molecule has 90 valence electrons. The highest BCUT2D eigenvalue weighted by atomic mass is 16.5. The van der Waals surface area contributed by atoms with Crippen LogP contribution in [-0.2, 0) is 12.8 Å². The Labute approximate surface area is 99.8 Å². The number of benzene rings is 1. The number of rotatable bonds is 4. The Kier molecular flexibility index (Phi) is 4.40. The molecule has 16 heavy (non-hydrogen) atoms. The molecular formula is C15H24O. The highest BCUT2D eigenvalue weighted by Gasteiger charge is 2.10. The molecule has 0 fully saturated rings. The van der Waals surface area contributed by atoms with Crippen LogP contribution >= 0.6 is 0 Å². The molecule has 0 radical (unpaired) electrons. The van der Waals surface area contributed by atoms with E-state index in [-0.39, 0.29) is 0 Å². The molecule has 0 aliphatic rings. The summed E-state index contributed by atoms with van der Waals surface area (Å²) >= 11 is 0. The predicted octanol–water partition coefficient (Wildman–Crippen LogP) is 4.24. The van der Waals surface area contributed by atoms with Crippen LogP contribution in [0.3, 0.4) is 0 Å². The quantitative estimate of drug-likeness (QED) is 0.737. The lowest BCUT2D eigenvalue weighted by molar-refractivity contribution is 0.377. The van der Waals surface area contributed by atoms with Gasteiger partial charge in [-0.3, -0.25) is 0 Å². The van der Waals surface area contributed by atoms with Gasteiger partial charge in [0.1, 0.15) is 5.75 Å². The van der Waals surface area contributed by atoms with E-state index in [4.69, 9.17) is 4.74 Å². The molecular weight excluding hydrogens is 196 g/mol. The van der Waals surface area contributed by atoms with Gasteiger partial charge in [0.15, 0.2) is 0 Å². The molecule has 1 nitrogen and oxygen atoms in total. The second-order valence-electron chi connectivity index (χ2n) is 5.56. The van der Waals surface area contributed by atoms with Crippen LogP contribution in [0.4, 0.5) is 0 Å². The van der Waals surface area contributed by atoms with E-state index < -0.39 is 0 Å². The van der Waals surface area contributed by atoms with Crippen molar-refractivity contribution in [2.75, 3.05) is 7.11 Å². The van der Waals surface area contributed by atoms with Crippen LogP contribution in [0.15, 0.2) is 18.2 Å². The first kappa shape index (κ1) is 13.1. The Balaban J connectivity index is 2.75. The van der Waals surface area contributed by atoms with E-state index in [1.165, 1.54) is 17.5 Å². The van der Waals surface area contributed by atoms with Crippen molar-refractivity contribution < 1.29 is 4.74 Å². The van der Waals surface area contributed by atoms with Gasteiger partial charge in [-0.2, -0.15) is 0 Å². The largest absolute Gasteiger partial charge is 0.496 e. The highest BCUT2D eigenvalue weighted by Crippen LogP contribution is 2.25. The van der Waals surface area contributed by atoms with Crippen LogP contribution < -0.4 is 4.74 Å². The Hall–Kier alpha value is -0.980. The van der Waals surface area contributed by atoms with Crippen molar-refractivity contribution in [3.8, 4) is 5.75 Å². The molecule has 0 heterocycles. The van der Waals surface area contributed by atoms with Gasteiger partial charge in [-0.05, 0) is 41.9 Å². The van der Waals surface area contributed by atoms with E-state index in [2.05, 4.69) is 45.9 Å². The van der Waals surface area contributed by atoms with Gasteiger partial charge >= 0.3 is 0 Å². The molecule has 0 atom stereocenters. The van der Waals surface area contributed by atoms with Gasteiger partial charge in [-0.15, -0.1) is 0 Å². The first-order valence-corrected chi connectivity index (χ1v) is 6.12. The van der Waals surface area contributed by atoms with Gasteiger partial charge in [0.05, 0.1) is 7.11 Å². The Bertz CT molecular complexity index is 334. The maximum atomic E-state index is 5.41. The molecule has 0 amide bonds. The molecule has 0 saturated heterocycles. The molecule has 0 saturated carbocycles. The fourth-order valence-corrected chi connectivity index (χ4v) is 1.76. The van der Waals surface area contributed by atoms with Crippen LogP contribution in [0.5, 0.6) is 5.75 Å². The van der Waals surface area contributed by atoms with Gasteiger partial charge in [-0.25, -0.2) is 0 Å². The van der Waals surface area contributed by atoms with Crippen molar-refractivity contribution in [2.24, 2.45) is 5.41 Å². The molecule has 0 aliphatic carbocycles. The van der Waals surface area contributed by atoms with E-state index in [0.29, 0.717) is 5.41 Å². The van der Waals surface area contributed by atoms with Crippen LogP contribution in [0.25, 0.3) is 0 Å². The third kappa shape index (κ3) is 3.88. The van der Waals surface area contributed by atoms with Crippen molar-refractivity contribution in [1.82, 2.24) is 0 Å². The molecule has 0 aromatic heterocycles. The number of aryl methyl sites for hydroxylation is 2. The SMILES string of the molecule is CCc1ccc(CCC(C)(C)C)cc1OC. The average molecular weight is 220 g/mol. The lowest BCUT2D eigenvalue weighted by Crippen LogP contribution is -2.06. The van der Waals surface area contributed by atoms with Gasteiger partial charge in [0.25, 0.3) is 0 Å². The van der Waals surface area contributed by atoms with E-state index in [9.17, 15) is 0 Å². The van der Waals surface area contributed by atoms with Crippen molar-refractivity contribution in [3.05, 3.63) is 29.3 Å². The standard InChI is InChI=1S/C15H24O/c1-6-13-8-7-12(11-14(13)16-5)9-10-15(2,3)4/h7-8,11H,6,9-10H2,1-5H3. The summed E-state index contributed by atoms with van der Waals surface area (Å²) < 4.78 is 5.41. The van der Waals surface area contributed by atoms with Crippen LogP contribution in [-0.4, -0.2) is 7.11 Å². The number of hydrogen-bond donors (Lipinski definition) is 0. The second-order valence-corrected chi connectivity index (χ2v) is 5.56. The van der Waals surface area contributed by atoms with Crippen molar-refractivity contribution in [1.29, 1.82) is 0 Å². The fourth-order valence-electron chi connectivity index (χ4n) is 1.76. The van der Waals surface area contributed by atoms with Gasteiger partial charge in [-0.1, -0.05) is 39.8 Å². The molecule has 0 spiro atoms. The number of hydrogen-bond acceptors (Lipinski definition) is 1. The van der Waals surface area contributed by atoms with Crippen LogP contribution in [0.2, 0.25) is 0 Å². The first-order chi connectivity index (χ1) is 7.46. The average Bonchev–Trinajstić information content (AvgIpc) is 2.25. The minimum absolute atomic E-state index is 0.399. The third-order valence-corrected chi connectivity index (χ3v) is 2.90. The molecule has 1 heteroatoms. The Morgan fingerprint density at radius 3 is 2.38 bits per heavy atom. The fraction of sp³-hybridized carbons (Fsp3) is 0.600. The maximum absolute atomic E-state index is 5.41. The van der Waals surface area contributed by atoms with Crippen LogP contribution in [0, 0.1) is 5.41 Å². The van der Waals surface area contributed by atoms with Crippen molar-refractivity contribution >= 4 is 0 Å².